The molecule has 3 aromatic rings. The largest absolute Gasteiger partial charge is 0.481 e. The fourth-order valence-corrected chi connectivity index (χ4v) is 2.26. The summed E-state index contributed by atoms with van der Waals surface area (Å²) in [6.45, 7) is 1.60. The first-order valence-electron chi connectivity index (χ1n) is 8.55. The molecule has 0 fully saturated rings. The summed E-state index contributed by atoms with van der Waals surface area (Å²) in [7, 11) is 0. The van der Waals surface area contributed by atoms with Crippen LogP contribution in [0.25, 0.3) is 22.6 Å². The number of aliphatic carboxylic acids is 2. The van der Waals surface area contributed by atoms with E-state index in [1.807, 2.05) is 60.7 Å². The van der Waals surface area contributed by atoms with Crippen molar-refractivity contribution in [3.05, 3.63) is 66.6 Å². The molecule has 0 spiro atoms. The summed E-state index contributed by atoms with van der Waals surface area (Å²) in [5.74, 6) is -0.488. The summed E-state index contributed by atoms with van der Waals surface area (Å²) >= 11 is 0. The summed E-state index contributed by atoms with van der Waals surface area (Å²) in [5.41, 5.74) is 2.62. The number of benzene rings is 2. The van der Waals surface area contributed by atoms with Crippen molar-refractivity contribution in [1.29, 1.82) is 0 Å². The van der Waals surface area contributed by atoms with Gasteiger partial charge in [-0.15, -0.1) is 0 Å². The zero-order chi connectivity index (χ0) is 19.6. The third kappa shape index (κ3) is 6.11. The lowest BCUT2D eigenvalue weighted by atomic mass is 10.1. The number of carboxylic acid groups (broad SMARTS) is 2. The van der Waals surface area contributed by atoms with Gasteiger partial charge in [0.2, 0.25) is 0 Å². The van der Waals surface area contributed by atoms with Crippen LogP contribution in [0.15, 0.2) is 65.1 Å². The Bertz CT molecular complexity index is 815. The molecule has 2 aromatic carbocycles. The molecule has 0 aliphatic rings. The van der Waals surface area contributed by atoms with Crippen LogP contribution in [0.4, 0.5) is 0 Å². The molecule has 3 rings (SSSR count). The van der Waals surface area contributed by atoms with Crippen LogP contribution >= 0.6 is 0 Å². The highest BCUT2D eigenvalue weighted by molar-refractivity contribution is 5.76. The van der Waals surface area contributed by atoms with Gasteiger partial charge in [-0.05, 0) is 0 Å². The summed E-state index contributed by atoms with van der Waals surface area (Å²) in [6, 6.07) is 19.5. The van der Waals surface area contributed by atoms with Crippen LogP contribution in [0.2, 0.25) is 0 Å². The number of hydrogen-bond donors (Lipinski definition) is 2. The third-order valence-electron chi connectivity index (χ3n) is 3.61. The molecular formula is C21H21NO5. The van der Waals surface area contributed by atoms with E-state index in [0.717, 1.165) is 16.8 Å². The molecule has 6 nitrogen and oxygen atoms in total. The molecule has 0 aliphatic heterocycles. The molecule has 0 atom stereocenters. The monoisotopic (exact) mass is 367 g/mol. The summed E-state index contributed by atoms with van der Waals surface area (Å²) < 4.78 is 5.83. The van der Waals surface area contributed by atoms with Crippen molar-refractivity contribution in [3.8, 4) is 22.6 Å². The van der Waals surface area contributed by atoms with Gasteiger partial charge >= 0.3 is 11.9 Å². The topological polar surface area (TPSA) is 101 Å². The van der Waals surface area contributed by atoms with E-state index in [4.69, 9.17) is 14.6 Å². The van der Waals surface area contributed by atoms with E-state index in [1.165, 1.54) is 0 Å². The molecule has 0 saturated carbocycles. The summed E-state index contributed by atoms with van der Waals surface area (Å²) in [6.07, 6.45) is 0.505. The number of oxazole rings is 1. The van der Waals surface area contributed by atoms with Gasteiger partial charge in [0.15, 0.2) is 11.7 Å². The van der Waals surface area contributed by atoms with Crippen molar-refractivity contribution < 1.29 is 24.2 Å². The number of aromatic nitrogens is 1. The second-order valence-corrected chi connectivity index (χ2v) is 5.66. The third-order valence-corrected chi connectivity index (χ3v) is 3.61. The standard InChI is InChI=1S/C18H15NO3.C3H6O2/c20-16(21)12-11-15-19-17(13-7-3-1-4-8-13)18(22-15)14-9-5-2-6-10-14;1-2-3(4)5/h1-10H,11-12H2,(H,20,21);2H2,1H3,(H,4,5). The molecule has 0 saturated heterocycles. The van der Waals surface area contributed by atoms with Gasteiger partial charge in [0.05, 0.1) is 6.42 Å². The number of rotatable bonds is 6. The van der Waals surface area contributed by atoms with Crippen LogP contribution in [0.5, 0.6) is 0 Å². The van der Waals surface area contributed by atoms with Gasteiger partial charge in [0.1, 0.15) is 5.69 Å². The normalized spacial score (nSPS) is 9.96. The van der Waals surface area contributed by atoms with Crippen LogP contribution in [0.1, 0.15) is 25.7 Å². The van der Waals surface area contributed by atoms with Crippen molar-refractivity contribution in [2.75, 3.05) is 0 Å². The molecule has 2 N–H and O–H groups in total. The van der Waals surface area contributed by atoms with Gasteiger partial charge in [-0.25, -0.2) is 4.98 Å². The number of hydrogen-bond acceptors (Lipinski definition) is 4. The van der Waals surface area contributed by atoms with E-state index in [0.29, 0.717) is 11.7 Å². The lowest BCUT2D eigenvalue weighted by Gasteiger charge is -2.00. The van der Waals surface area contributed by atoms with E-state index in [2.05, 4.69) is 4.98 Å². The van der Waals surface area contributed by atoms with Gasteiger partial charge in [-0.2, -0.15) is 0 Å². The Morgan fingerprint density at radius 2 is 1.41 bits per heavy atom. The van der Waals surface area contributed by atoms with Gasteiger partial charge in [-0.3, -0.25) is 9.59 Å². The quantitative estimate of drug-likeness (QED) is 0.665. The molecule has 1 heterocycles. The number of carboxylic acids is 2. The maximum atomic E-state index is 10.7. The molecule has 0 bridgehead atoms. The Morgan fingerprint density at radius 3 is 1.89 bits per heavy atom. The van der Waals surface area contributed by atoms with E-state index >= 15 is 0 Å². The maximum absolute atomic E-state index is 10.7. The highest BCUT2D eigenvalue weighted by atomic mass is 16.4. The van der Waals surface area contributed by atoms with E-state index < -0.39 is 11.9 Å². The van der Waals surface area contributed by atoms with E-state index in [9.17, 15) is 9.59 Å². The predicted molar refractivity (Wildman–Crippen MR) is 101 cm³/mol. The molecule has 6 heteroatoms. The van der Waals surface area contributed by atoms with Crippen LogP contribution < -0.4 is 0 Å². The Hall–Kier alpha value is -3.41. The second kappa shape index (κ2) is 9.91. The van der Waals surface area contributed by atoms with Crippen molar-refractivity contribution >= 4 is 11.9 Å². The molecule has 140 valence electrons. The Balaban J connectivity index is 0.000000465. The minimum atomic E-state index is -0.860. The van der Waals surface area contributed by atoms with E-state index in [-0.39, 0.29) is 19.3 Å². The maximum Gasteiger partial charge on any atom is 0.303 e. The van der Waals surface area contributed by atoms with Gasteiger partial charge in [0, 0.05) is 24.0 Å². The van der Waals surface area contributed by atoms with Gasteiger partial charge in [0.25, 0.3) is 0 Å². The first-order chi connectivity index (χ1) is 13.0. The zero-order valence-corrected chi connectivity index (χ0v) is 15.0. The lowest BCUT2D eigenvalue weighted by molar-refractivity contribution is -0.137. The first-order valence-corrected chi connectivity index (χ1v) is 8.55. The minimum Gasteiger partial charge on any atom is -0.481 e. The van der Waals surface area contributed by atoms with Crippen molar-refractivity contribution in [1.82, 2.24) is 4.98 Å². The number of aryl methyl sites for hydroxylation is 1. The fraction of sp³-hybridized carbons (Fsp3) is 0.190. The highest BCUT2D eigenvalue weighted by Gasteiger charge is 2.17. The van der Waals surface area contributed by atoms with E-state index in [1.54, 1.807) is 6.92 Å². The minimum absolute atomic E-state index is 0.00295. The number of nitrogens with zero attached hydrogens (tertiary/aromatic N) is 1. The average Bonchev–Trinajstić information content (AvgIpc) is 3.12. The highest BCUT2D eigenvalue weighted by Crippen LogP contribution is 2.32. The van der Waals surface area contributed by atoms with Crippen molar-refractivity contribution in [2.45, 2.75) is 26.2 Å². The molecular weight excluding hydrogens is 346 g/mol. The molecule has 27 heavy (non-hydrogen) atoms. The molecule has 0 unspecified atom stereocenters. The smallest absolute Gasteiger partial charge is 0.303 e. The molecule has 0 amide bonds. The molecule has 0 radical (unpaired) electrons. The van der Waals surface area contributed by atoms with Gasteiger partial charge in [-0.1, -0.05) is 67.6 Å². The Labute approximate surface area is 157 Å². The Kier molecular flexibility index (Phi) is 7.31. The van der Waals surface area contributed by atoms with Crippen LogP contribution in [-0.4, -0.2) is 27.1 Å². The van der Waals surface area contributed by atoms with Crippen molar-refractivity contribution in [3.63, 3.8) is 0 Å². The van der Waals surface area contributed by atoms with Crippen LogP contribution in [-0.2, 0) is 16.0 Å². The first kappa shape index (κ1) is 19.9. The van der Waals surface area contributed by atoms with Crippen LogP contribution in [0, 0.1) is 0 Å². The Morgan fingerprint density at radius 1 is 0.889 bits per heavy atom. The molecule has 1 aromatic heterocycles. The van der Waals surface area contributed by atoms with Crippen LogP contribution in [0.3, 0.4) is 0 Å². The molecule has 0 aliphatic carbocycles. The summed E-state index contributed by atoms with van der Waals surface area (Å²) in [5, 5.41) is 16.5. The zero-order valence-electron chi connectivity index (χ0n) is 15.0. The average molecular weight is 367 g/mol. The SMILES string of the molecule is CCC(=O)O.O=C(O)CCc1nc(-c2ccccc2)c(-c2ccccc2)o1. The fourth-order valence-electron chi connectivity index (χ4n) is 2.26. The summed E-state index contributed by atoms with van der Waals surface area (Å²) in [4.78, 5) is 24.6. The predicted octanol–water partition coefficient (Wildman–Crippen LogP) is 4.51. The number of carbonyl (C=O) groups is 2. The van der Waals surface area contributed by atoms with Crippen molar-refractivity contribution in [2.24, 2.45) is 0 Å². The lowest BCUT2D eigenvalue weighted by Crippen LogP contribution is -1.97. The second-order valence-electron chi connectivity index (χ2n) is 5.66. The van der Waals surface area contributed by atoms with Gasteiger partial charge < -0.3 is 14.6 Å².